The van der Waals surface area contributed by atoms with Crippen molar-refractivity contribution in [2.75, 3.05) is 4.90 Å². The first kappa shape index (κ1) is 30.6. The van der Waals surface area contributed by atoms with E-state index in [1.165, 1.54) is 105 Å². The van der Waals surface area contributed by atoms with Gasteiger partial charge in [-0.2, -0.15) is 0 Å². The van der Waals surface area contributed by atoms with E-state index in [4.69, 9.17) is 4.42 Å². The quantitative estimate of drug-likeness (QED) is 0.180. The van der Waals surface area contributed by atoms with E-state index in [-0.39, 0.29) is 5.41 Å². The second kappa shape index (κ2) is 10.8. The number of rotatable bonds is 3. The molecule has 3 nitrogen and oxygen atoms in total. The summed E-state index contributed by atoms with van der Waals surface area (Å²) in [7, 11) is 0. The first-order valence-corrected chi connectivity index (χ1v) is 21.0. The predicted molar refractivity (Wildman–Crippen MR) is 239 cm³/mol. The van der Waals surface area contributed by atoms with E-state index in [0.717, 1.165) is 40.5 Å². The van der Waals surface area contributed by atoms with Crippen LogP contribution in [0.4, 0.5) is 17.1 Å². The maximum atomic E-state index is 6.66. The monoisotopic (exact) mass is 746 g/mol. The zero-order chi connectivity index (χ0) is 37.0. The molecule has 0 radical (unpaired) electrons. The number of thiophene rings is 1. The van der Waals surface area contributed by atoms with Gasteiger partial charge < -0.3 is 13.9 Å². The summed E-state index contributed by atoms with van der Waals surface area (Å²) in [6.45, 7) is 0. The Balaban J connectivity index is 1.20. The molecule has 4 heterocycles. The summed E-state index contributed by atoms with van der Waals surface area (Å²) in [5, 5.41) is 7.47. The highest BCUT2D eigenvalue weighted by molar-refractivity contribution is 7.26. The zero-order valence-corrected chi connectivity index (χ0v) is 31.9. The van der Waals surface area contributed by atoms with Crippen molar-refractivity contribution in [3.63, 3.8) is 0 Å². The number of nitrogens with zero attached hydrogens (tertiary/aromatic N) is 2. The van der Waals surface area contributed by atoms with Crippen molar-refractivity contribution in [1.82, 2.24) is 4.57 Å². The number of fused-ring (bicyclic) bond motifs is 14. The van der Waals surface area contributed by atoms with Gasteiger partial charge in [-0.15, -0.1) is 11.3 Å². The molecule has 0 saturated heterocycles. The van der Waals surface area contributed by atoms with Crippen molar-refractivity contribution < 1.29 is 4.42 Å². The van der Waals surface area contributed by atoms with Crippen LogP contribution in [0.2, 0.25) is 0 Å². The Labute approximate surface area is 332 Å². The van der Waals surface area contributed by atoms with Crippen molar-refractivity contribution in [1.29, 1.82) is 0 Å². The van der Waals surface area contributed by atoms with Crippen LogP contribution < -0.4 is 4.90 Å². The summed E-state index contributed by atoms with van der Waals surface area (Å²) in [6, 6.07) is 59.1. The average molecular weight is 747 g/mol. The van der Waals surface area contributed by atoms with Crippen LogP contribution in [-0.2, 0) is 5.41 Å². The molecule has 0 bridgehead atoms. The molecule has 0 atom stereocenters. The van der Waals surface area contributed by atoms with Crippen LogP contribution in [0.5, 0.6) is 0 Å². The van der Waals surface area contributed by atoms with Crippen molar-refractivity contribution >= 4 is 92.3 Å². The second-order valence-electron chi connectivity index (χ2n) is 16.3. The highest BCUT2D eigenvalue weighted by Crippen LogP contribution is 2.66. The largest absolute Gasteiger partial charge is 0.456 e. The number of hydrogen-bond donors (Lipinski definition) is 0. The fourth-order valence-corrected chi connectivity index (χ4v) is 12.6. The van der Waals surface area contributed by atoms with Gasteiger partial charge in [-0.1, -0.05) is 110 Å². The van der Waals surface area contributed by atoms with E-state index in [9.17, 15) is 0 Å². The third-order valence-corrected chi connectivity index (χ3v) is 14.8. The molecule has 1 fully saturated rings. The van der Waals surface area contributed by atoms with E-state index in [0.29, 0.717) is 0 Å². The Hall–Kier alpha value is -6.62. The molecule has 1 saturated carbocycles. The van der Waals surface area contributed by atoms with Crippen molar-refractivity contribution in [2.24, 2.45) is 0 Å². The standard InChI is InChI=1S/C53H34N2OS/c1-5-19-40-32(13-1)36-17-11-18-39-48(36)50-51(53(39)27-9-10-28-53)43(30-38-33-14-2-6-20-41(33)55(40)52(38)50)54(31-25-26-35-34-15-3-7-22-44(34)56-45(35)29-31)42-21-12-24-47-49(42)37-16-4-8-23-46(37)57-47/h1-8,11-26,29-30H,9-10,27-28H2. The summed E-state index contributed by atoms with van der Waals surface area (Å²) in [6.07, 6.45) is 4.71. The molecule has 0 amide bonds. The van der Waals surface area contributed by atoms with Crippen LogP contribution in [0, 0.1) is 0 Å². The first-order chi connectivity index (χ1) is 28.3. The van der Waals surface area contributed by atoms with Crippen molar-refractivity contribution in [3.8, 4) is 27.9 Å². The zero-order valence-electron chi connectivity index (χ0n) is 31.1. The van der Waals surface area contributed by atoms with Gasteiger partial charge in [0, 0.05) is 70.0 Å². The Morgan fingerprint density at radius 3 is 2.21 bits per heavy atom. The second-order valence-corrected chi connectivity index (χ2v) is 17.4. The Bertz CT molecular complexity index is 3560. The van der Waals surface area contributed by atoms with Crippen LogP contribution in [-0.4, -0.2) is 4.57 Å². The van der Waals surface area contributed by atoms with Gasteiger partial charge in [0.05, 0.1) is 28.1 Å². The lowest BCUT2D eigenvalue weighted by molar-refractivity contribution is 0.551. The number of hydrogen-bond acceptors (Lipinski definition) is 3. The van der Waals surface area contributed by atoms with Crippen LogP contribution in [0.1, 0.15) is 36.8 Å². The van der Waals surface area contributed by atoms with Gasteiger partial charge >= 0.3 is 0 Å². The van der Waals surface area contributed by atoms with Crippen LogP contribution >= 0.6 is 11.3 Å². The van der Waals surface area contributed by atoms with Crippen LogP contribution in [0.3, 0.4) is 0 Å². The normalized spacial score (nSPS) is 14.9. The minimum Gasteiger partial charge on any atom is -0.456 e. The molecule has 11 aromatic rings. The third kappa shape index (κ3) is 3.77. The minimum atomic E-state index is -0.107. The van der Waals surface area contributed by atoms with Crippen molar-refractivity contribution in [2.45, 2.75) is 31.1 Å². The van der Waals surface area contributed by atoms with E-state index in [1.807, 2.05) is 11.3 Å². The Kier molecular flexibility index (Phi) is 5.80. The van der Waals surface area contributed by atoms with Gasteiger partial charge in [-0.05, 0) is 89.7 Å². The van der Waals surface area contributed by atoms with Gasteiger partial charge in [0.1, 0.15) is 11.2 Å². The molecule has 0 N–H and O–H groups in total. The van der Waals surface area contributed by atoms with E-state index < -0.39 is 0 Å². The Morgan fingerprint density at radius 2 is 1.28 bits per heavy atom. The number of para-hydroxylation sites is 3. The summed E-state index contributed by atoms with van der Waals surface area (Å²) >= 11 is 1.89. The van der Waals surface area contributed by atoms with E-state index in [2.05, 4.69) is 167 Å². The van der Waals surface area contributed by atoms with Gasteiger partial charge in [0.2, 0.25) is 0 Å². The predicted octanol–water partition coefficient (Wildman–Crippen LogP) is 15.3. The molecule has 57 heavy (non-hydrogen) atoms. The molecule has 3 aromatic heterocycles. The molecule has 268 valence electrons. The number of furan rings is 1. The average Bonchev–Trinajstić information content (AvgIpc) is 4.08. The topological polar surface area (TPSA) is 21.3 Å². The third-order valence-electron chi connectivity index (χ3n) is 13.6. The van der Waals surface area contributed by atoms with Gasteiger partial charge in [0.25, 0.3) is 0 Å². The SMILES string of the molecule is c1ccc2c(c1)-c1cccc3c1-c1c(c(N(c4ccc5c(c4)oc4ccccc45)c4cccc5sc6ccccc6c45)cc4c5ccccc5n-2c14)C31CCCC1. The lowest BCUT2D eigenvalue weighted by Crippen LogP contribution is -2.24. The number of aromatic nitrogens is 1. The molecule has 0 unspecified atom stereocenters. The Morgan fingerprint density at radius 1 is 0.544 bits per heavy atom. The molecular weight excluding hydrogens is 713 g/mol. The number of benzene rings is 8. The highest BCUT2D eigenvalue weighted by Gasteiger charge is 2.50. The molecule has 8 aromatic carbocycles. The first-order valence-electron chi connectivity index (χ1n) is 20.2. The molecular formula is C53H34N2OS. The van der Waals surface area contributed by atoms with E-state index >= 15 is 0 Å². The fraction of sp³-hybridized carbons (Fsp3) is 0.0943. The summed E-state index contributed by atoms with van der Waals surface area (Å²) in [5.74, 6) is 0. The minimum absolute atomic E-state index is 0.107. The lowest BCUT2D eigenvalue weighted by atomic mass is 9.75. The molecule has 4 heteroatoms. The molecule has 1 spiro atoms. The molecule has 2 aliphatic carbocycles. The van der Waals surface area contributed by atoms with Crippen LogP contribution in [0.15, 0.2) is 162 Å². The van der Waals surface area contributed by atoms with Crippen LogP contribution in [0.25, 0.3) is 91.9 Å². The van der Waals surface area contributed by atoms with Gasteiger partial charge in [-0.3, -0.25) is 0 Å². The maximum Gasteiger partial charge on any atom is 0.137 e. The molecule has 14 rings (SSSR count). The van der Waals surface area contributed by atoms with Gasteiger partial charge in [-0.25, -0.2) is 0 Å². The number of anilines is 3. The lowest BCUT2D eigenvalue weighted by Gasteiger charge is -2.35. The van der Waals surface area contributed by atoms with Gasteiger partial charge in [0.15, 0.2) is 0 Å². The summed E-state index contributed by atoms with van der Waals surface area (Å²) in [5.41, 5.74) is 17.6. The molecule has 1 aliphatic heterocycles. The van der Waals surface area contributed by atoms with Crippen molar-refractivity contribution in [3.05, 3.63) is 169 Å². The van der Waals surface area contributed by atoms with E-state index in [1.54, 1.807) is 0 Å². The fourth-order valence-electron chi connectivity index (χ4n) is 11.4. The summed E-state index contributed by atoms with van der Waals surface area (Å²) < 4.78 is 11.9. The maximum absolute atomic E-state index is 6.66. The summed E-state index contributed by atoms with van der Waals surface area (Å²) in [4.78, 5) is 2.62. The molecule has 3 aliphatic rings. The highest BCUT2D eigenvalue weighted by atomic mass is 32.1. The smallest absolute Gasteiger partial charge is 0.137 e.